The molecule has 0 bridgehead atoms. The van der Waals surface area contributed by atoms with E-state index >= 15 is 0 Å². The highest BCUT2D eigenvalue weighted by atomic mass is 35.5. The monoisotopic (exact) mass is 256 g/mol. The van der Waals surface area contributed by atoms with Crippen LogP contribution in [0.2, 0.25) is 5.15 Å². The largest absolute Gasteiger partial charge is 0.383 e. The number of nitrogens with zero attached hydrogens (tertiary/aromatic N) is 1. The smallest absolute Gasteiger partial charge is 0.305 e. The van der Waals surface area contributed by atoms with Gasteiger partial charge in [-0.15, -0.1) is 0 Å². The molecule has 16 heavy (non-hydrogen) atoms. The van der Waals surface area contributed by atoms with Gasteiger partial charge in [0.2, 0.25) is 0 Å². The summed E-state index contributed by atoms with van der Waals surface area (Å²) >= 11 is 5.41. The Morgan fingerprint density at radius 2 is 2.06 bits per heavy atom. The molecule has 1 heterocycles. The van der Waals surface area contributed by atoms with Crippen LogP contribution in [0.1, 0.15) is 0 Å². The molecule has 1 aromatic rings. The minimum atomic E-state index is -4.76. The van der Waals surface area contributed by atoms with Crippen LogP contribution in [0, 0.1) is 0 Å². The average Bonchev–Trinajstić information content (AvgIpc) is 2.17. The van der Waals surface area contributed by atoms with Crippen LogP contribution in [0.5, 0.6) is 0 Å². The zero-order chi connectivity index (χ0) is 12.3. The van der Waals surface area contributed by atoms with Crippen LogP contribution < -0.4 is 5.32 Å². The Morgan fingerprint density at radius 3 is 2.56 bits per heavy atom. The number of pyridine rings is 1. The summed E-state index contributed by atoms with van der Waals surface area (Å²) in [5, 5.41) is 1.48. The molecule has 0 saturated heterocycles. The van der Waals surface area contributed by atoms with Crippen LogP contribution in [0.25, 0.3) is 0 Å². The van der Waals surface area contributed by atoms with Gasteiger partial charge < -0.3 is 5.32 Å². The van der Waals surface area contributed by atoms with Gasteiger partial charge in [-0.2, -0.15) is 8.78 Å². The van der Waals surface area contributed by atoms with E-state index < -0.39 is 18.3 Å². The molecule has 1 N–H and O–H groups in total. The van der Waals surface area contributed by atoms with Gasteiger partial charge in [-0.3, -0.25) is 4.79 Å². The molecule has 0 aliphatic rings. The van der Waals surface area contributed by atoms with E-state index in [9.17, 15) is 22.4 Å². The molecule has 0 atom stereocenters. The van der Waals surface area contributed by atoms with Crippen LogP contribution in [-0.2, 0) is 4.79 Å². The lowest BCUT2D eigenvalue weighted by molar-refractivity contribution is -0.163. The molecule has 0 aromatic carbocycles. The van der Waals surface area contributed by atoms with Crippen molar-refractivity contribution in [3.05, 3.63) is 23.4 Å². The molecule has 3 nitrogen and oxygen atoms in total. The molecule has 0 unspecified atom stereocenters. The quantitative estimate of drug-likeness (QED) is 0.667. The van der Waals surface area contributed by atoms with Gasteiger partial charge in [-0.05, 0) is 12.1 Å². The molecule has 0 fully saturated rings. The molecule has 1 aromatic heterocycles. The van der Waals surface area contributed by atoms with Crippen molar-refractivity contribution in [2.75, 3.05) is 5.32 Å². The second-order valence-electron chi connectivity index (χ2n) is 2.72. The number of aromatic nitrogens is 1. The van der Waals surface area contributed by atoms with E-state index in [1.165, 1.54) is 17.4 Å². The Kier molecular flexibility index (Phi) is 3.69. The van der Waals surface area contributed by atoms with Crippen molar-refractivity contribution in [3.63, 3.8) is 0 Å². The molecule has 0 aliphatic carbocycles. The topological polar surface area (TPSA) is 42.0 Å². The first-order valence-electron chi connectivity index (χ1n) is 3.94. The normalized spacial score (nSPS) is 11.6. The van der Waals surface area contributed by atoms with Crippen molar-refractivity contribution in [2.24, 2.45) is 0 Å². The maximum atomic E-state index is 12.5. The Bertz CT molecular complexity index is 399. The molecule has 0 saturated carbocycles. The summed E-state index contributed by atoms with van der Waals surface area (Å²) in [6.07, 6.45) is -4.08. The number of hydrogen-bond acceptors (Lipinski definition) is 2. The van der Waals surface area contributed by atoms with E-state index in [1.807, 2.05) is 0 Å². The number of alkyl halides is 4. The van der Waals surface area contributed by atoms with Gasteiger partial charge in [0.05, 0.1) is 0 Å². The van der Waals surface area contributed by atoms with Crippen LogP contribution in [-0.4, -0.2) is 23.2 Å². The number of amides is 1. The predicted octanol–water partition coefficient (Wildman–Crippen LogP) is 2.57. The molecule has 0 radical (unpaired) electrons. The number of carbonyl (C=O) groups excluding carboxylic acids is 1. The fraction of sp³-hybridized carbons (Fsp3) is 0.250. The summed E-state index contributed by atoms with van der Waals surface area (Å²) in [6.45, 7) is 0. The predicted molar refractivity (Wildman–Crippen MR) is 48.8 cm³/mol. The average molecular weight is 257 g/mol. The zero-order valence-corrected chi connectivity index (χ0v) is 8.31. The maximum Gasteiger partial charge on any atom is 0.383 e. The van der Waals surface area contributed by atoms with Gasteiger partial charge in [0, 0.05) is 0 Å². The first-order chi connectivity index (χ1) is 7.34. The third-order valence-corrected chi connectivity index (χ3v) is 1.74. The second kappa shape index (κ2) is 4.65. The number of nitrogens with one attached hydrogen (secondary N) is 1. The van der Waals surface area contributed by atoms with Crippen molar-refractivity contribution < 1.29 is 22.4 Å². The summed E-state index contributed by atoms with van der Waals surface area (Å²) in [5.41, 5.74) is 0. The second-order valence-corrected chi connectivity index (χ2v) is 3.11. The van der Waals surface area contributed by atoms with Crippen LogP contribution in [0.3, 0.4) is 0 Å². The van der Waals surface area contributed by atoms with Gasteiger partial charge in [0.25, 0.3) is 0 Å². The van der Waals surface area contributed by atoms with Crippen LogP contribution in [0.15, 0.2) is 18.2 Å². The summed E-state index contributed by atoms with van der Waals surface area (Å²) < 4.78 is 48.6. The highest BCUT2D eigenvalue weighted by Gasteiger charge is 2.49. The number of rotatable bonds is 3. The summed E-state index contributed by atoms with van der Waals surface area (Å²) in [7, 11) is 0. The van der Waals surface area contributed by atoms with E-state index in [4.69, 9.17) is 11.6 Å². The van der Waals surface area contributed by atoms with Gasteiger partial charge in [0.1, 0.15) is 11.0 Å². The zero-order valence-electron chi connectivity index (χ0n) is 7.55. The van der Waals surface area contributed by atoms with Gasteiger partial charge in [0.15, 0.2) is 0 Å². The SMILES string of the molecule is O=C(Nc1cccc(Cl)n1)C(F)(F)C(F)F. The Balaban J connectivity index is 2.79. The lowest BCUT2D eigenvalue weighted by atomic mass is 10.3. The van der Waals surface area contributed by atoms with Gasteiger partial charge in [-0.25, -0.2) is 13.8 Å². The van der Waals surface area contributed by atoms with Crippen molar-refractivity contribution in [3.8, 4) is 0 Å². The number of halogens is 5. The lowest BCUT2D eigenvalue weighted by Crippen LogP contribution is -2.41. The molecular weight excluding hydrogens is 252 g/mol. The third kappa shape index (κ3) is 2.82. The minimum Gasteiger partial charge on any atom is -0.305 e. The standard InChI is InChI=1S/C8H5ClF4N2O/c9-4-2-1-3-5(14-4)15-7(16)8(12,13)6(10)11/h1-3,6H,(H,14,15,16). The van der Waals surface area contributed by atoms with Crippen molar-refractivity contribution in [1.29, 1.82) is 0 Å². The molecule has 1 rings (SSSR count). The van der Waals surface area contributed by atoms with Crippen molar-refractivity contribution >= 4 is 23.3 Å². The fourth-order valence-corrected chi connectivity index (χ4v) is 0.940. The molecule has 0 aliphatic heterocycles. The Morgan fingerprint density at radius 1 is 1.44 bits per heavy atom. The highest BCUT2D eigenvalue weighted by molar-refractivity contribution is 6.29. The third-order valence-electron chi connectivity index (χ3n) is 1.53. The molecule has 1 amide bonds. The Hall–Kier alpha value is -1.37. The van der Waals surface area contributed by atoms with E-state index in [2.05, 4.69) is 4.98 Å². The molecular formula is C8H5ClF4N2O. The minimum absolute atomic E-state index is 0.0573. The van der Waals surface area contributed by atoms with E-state index in [-0.39, 0.29) is 11.0 Å². The first-order valence-corrected chi connectivity index (χ1v) is 4.32. The van der Waals surface area contributed by atoms with Crippen LogP contribution >= 0.6 is 11.6 Å². The maximum absolute atomic E-state index is 12.5. The molecule has 88 valence electrons. The summed E-state index contributed by atoms with van der Waals surface area (Å²) in [5.74, 6) is -7.21. The van der Waals surface area contributed by atoms with Gasteiger partial charge >= 0.3 is 18.3 Å². The van der Waals surface area contributed by atoms with Crippen molar-refractivity contribution in [2.45, 2.75) is 12.3 Å². The first kappa shape index (κ1) is 12.7. The number of anilines is 1. The summed E-state index contributed by atoms with van der Waals surface area (Å²) in [4.78, 5) is 14.2. The van der Waals surface area contributed by atoms with Gasteiger partial charge in [-0.1, -0.05) is 17.7 Å². The van der Waals surface area contributed by atoms with Crippen LogP contribution in [0.4, 0.5) is 23.4 Å². The van der Waals surface area contributed by atoms with E-state index in [0.717, 1.165) is 6.07 Å². The lowest BCUT2D eigenvalue weighted by Gasteiger charge is -2.14. The number of hydrogen-bond donors (Lipinski definition) is 1. The summed E-state index contributed by atoms with van der Waals surface area (Å²) in [6, 6.07) is 3.80. The molecule has 0 spiro atoms. The van der Waals surface area contributed by atoms with Crippen molar-refractivity contribution in [1.82, 2.24) is 4.98 Å². The molecule has 8 heteroatoms. The highest BCUT2D eigenvalue weighted by Crippen LogP contribution is 2.24. The fourth-order valence-electron chi connectivity index (χ4n) is 0.777. The van der Waals surface area contributed by atoms with E-state index in [0.29, 0.717) is 0 Å². The van der Waals surface area contributed by atoms with E-state index in [1.54, 1.807) is 0 Å². The Labute approximate surface area is 92.4 Å². The number of carbonyl (C=O) groups is 1.